The van der Waals surface area contributed by atoms with Crippen LogP contribution in [0.5, 0.6) is 0 Å². The molecule has 0 aromatic heterocycles. The Kier molecular flexibility index (Phi) is 3.42. The molecule has 2 aliphatic rings. The van der Waals surface area contributed by atoms with E-state index in [1.165, 1.54) is 12.8 Å². The van der Waals surface area contributed by atoms with E-state index in [4.69, 9.17) is 4.74 Å². The molecule has 0 bridgehead atoms. The molecule has 1 heterocycles. The highest BCUT2D eigenvalue weighted by Gasteiger charge is 2.32. The molecule has 0 aromatic carbocycles. The van der Waals surface area contributed by atoms with Gasteiger partial charge >= 0.3 is 0 Å². The third kappa shape index (κ3) is 3.02. The minimum absolute atomic E-state index is 0.151. The van der Waals surface area contributed by atoms with Crippen LogP contribution in [0.2, 0.25) is 0 Å². The summed E-state index contributed by atoms with van der Waals surface area (Å²) < 4.78 is 5.56. The molecule has 1 atom stereocenters. The van der Waals surface area contributed by atoms with Gasteiger partial charge in [0.2, 0.25) is 0 Å². The van der Waals surface area contributed by atoms with Gasteiger partial charge in [0, 0.05) is 25.6 Å². The number of hydrogen-bond acceptors (Lipinski definition) is 3. The van der Waals surface area contributed by atoms with E-state index < -0.39 is 0 Å². The SMILES string of the molecule is CC(C)N1CCOC(C(=O)CC2CC2)C1. The van der Waals surface area contributed by atoms with Crippen LogP contribution in [0.1, 0.15) is 33.1 Å². The van der Waals surface area contributed by atoms with E-state index in [-0.39, 0.29) is 6.10 Å². The summed E-state index contributed by atoms with van der Waals surface area (Å²) in [5, 5.41) is 0. The van der Waals surface area contributed by atoms with Crippen LogP contribution in [0.15, 0.2) is 0 Å². The van der Waals surface area contributed by atoms with Crippen molar-refractivity contribution < 1.29 is 9.53 Å². The third-order valence-electron chi connectivity index (χ3n) is 3.37. The highest BCUT2D eigenvalue weighted by Crippen LogP contribution is 2.33. The lowest BCUT2D eigenvalue weighted by Gasteiger charge is -2.34. The van der Waals surface area contributed by atoms with Gasteiger partial charge < -0.3 is 4.74 Å². The van der Waals surface area contributed by atoms with Crippen LogP contribution in [-0.4, -0.2) is 42.5 Å². The van der Waals surface area contributed by atoms with E-state index in [2.05, 4.69) is 18.7 Å². The second-order valence-electron chi connectivity index (χ2n) is 5.06. The fourth-order valence-corrected chi connectivity index (χ4v) is 2.07. The van der Waals surface area contributed by atoms with Crippen molar-refractivity contribution in [3.05, 3.63) is 0 Å². The number of ether oxygens (including phenoxy) is 1. The van der Waals surface area contributed by atoms with Gasteiger partial charge in [0.15, 0.2) is 5.78 Å². The second-order valence-corrected chi connectivity index (χ2v) is 5.06. The fourth-order valence-electron chi connectivity index (χ4n) is 2.07. The molecule has 1 saturated heterocycles. The zero-order chi connectivity index (χ0) is 10.8. The number of ketones is 1. The first-order valence-electron chi connectivity index (χ1n) is 6.05. The van der Waals surface area contributed by atoms with Gasteiger partial charge in [-0.1, -0.05) is 0 Å². The first kappa shape index (κ1) is 11.1. The van der Waals surface area contributed by atoms with Crippen LogP contribution in [0.25, 0.3) is 0 Å². The predicted octanol–water partition coefficient (Wildman–Crippen LogP) is 1.46. The van der Waals surface area contributed by atoms with Crippen LogP contribution in [0.4, 0.5) is 0 Å². The number of rotatable bonds is 4. The molecule has 2 fully saturated rings. The zero-order valence-electron chi connectivity index (χ0n) is 9.74. The molecule has 0 spiro atoms. The Labute approximate surface area is 91.8 Å². The molecule has 0 radical (unpaired) electrons. The van der Waals surface area contributed by atoms with Gasteiger partial charge in [-0.15, -0.1) is 0 Å². The lowest BCUT2D eigenvalue weighted by atomic mass is 10.1. The first-order chi connectivity index (χ1) is 7.16. The normalized spacial score (nSPS) is 28.3. The van der Waals surface area contributed by atoms with Crippen LogP contribution in [0, 0.1) is 5.92 Å². The van der Waals surface area contributed by atoms with Gasteiger partial charge in [0.05, 0.1) is 6.61 Å². The Morgan fingerprint density at radius 1 is 1.47 bits per heavy atom. The first-order valence-corrected chi connectivity index (χ1v) is 6.05. The van der Waals surface area contributed by atoms with Crippen molar-refractivity contribution in [2.45, 2.75) is 45.3 Å². The second kappa shape index (κ2) is 4.62. The number of morpholine rings is 1. The van der Waals surface area contributed by atoms with Crippen molar-refractivity contribution in [1.29, 1.82) is 0 Å². The summed E-state index contributed by atoms with van der Waals surface area (Å²) in [6.45, 7) is 6.81. The lowest BCUT2D eigenvalue weighted by molar-refractivity contribution is -0.137. The number of carbonyl (C=O) groups excluding carboxylic acids is 1. The van der Waals surface area contributed by atoms with Gasteiger partial charge in [-0.3, -0.25) is 9.69 Å². The molecular formula is C12H21NO2. The molecule has 86 valence electrons. The maximum atomic E-state index is 11.9. The van der Waals surface area contributed by atoms with Crippen LogP contribution in [0.3, 0.4) is 0 Å². The van der Waals surface area contributed by atoms with Crippen LogP contribution in [-0.2, 0) is 9.53 Å². The van der Waals surface area contributed by atoms with Gasteiger partial charge in [-0.2, -0.15) is 0 Å². The number of nitrogens with zero attached hydrogens (tertiary/aromatic N) is 1. The summed E-state index contributed by atoms with van der Waals surface area (Å²) in [5.41, 5.74) is 0. The maximum Gasteiger partial charge on any atom is 0.163 e. The van der Waals surface area contributed by atoms with E-state index in [1.54, 1.807) is 0 Å². The summed E-state index contributed by atoms with van der Waals surface area (Å²) in [5.74, 6) is 0.998. The molecule has 1 unspecified atom stereocenters. The Balaban J connectivity index is 1.82. The lowest BCUT2D eigenvalue weighted by Crippen LogP contribution is -2.48. The quantitative estimate of drug-likeness (QED) is 0.705. The molecule has 0 aromatic rings. The Hall–Kier alpha value is -0.410. The Morgan fingerprint density at radius 3 is 2.80 bits per heavy atom. The molecule has 0 N–H and O–H groups in total. The van der Waals surface area contributed by atoms with E-state index in [9.17, 15) is 4.79 Å². The number of hydrogen-bond donors (Lipinski definition) is 0. The summed E-state index contributed by atoms with van der Waals surface area (Å²) in [6.07, 6.45) is 3.08. The Morgan fingerprint density at radius 2 is 2.20 bits per heavy atom. The maximum absolute atomic E-state index is 11.9. The zero-order valence-corrected chi connectivity index (χ0v) is 9.74. The highest BCUT2D eigenvalue weighted by atomic mass is 16.5. The average molecular weight is 211 g/mol. The van der Waals surface area contributed by atoms with Crippen molar-refractivity contribution in [2.24, 2.45) is 5.92 Å². The molecular weight excluding hydrogens is 190 g/mol. The summed E-state index contributed by atoms with van der Waals surface area (Å²) in [7, 11) is 0. The molecule has 1 aliphatic carbocycles. The summed E-state index contributed by atoms with van der Waals surface area (Å²) in [6, 6.07) is 0.519. The average Bonchev–Trinajstić information content (AvgIpc) is 3.02. The molecule has 3 heteroatoms. The number of carbonyl (C=O) groups is 1. The van der Waals surface area contributed by atoms with Crippen LogP contribution < -0.4 is 0 Å². The summed E-state index contributed by atoms with van der Waals surface area (Å²) in [4.78, 5) is 14.2. The fraction of sp³-hybridized carbons (Fsp3) is 0.917. The van der Waals surface area contributed by atoms with Crippen molar-refractivity contribution in [3.8, 4) is 0 Å². The van der Waals surface area contributed by atoms with Crippen molar-refractivity contribution in [2.75, 3.05) is 19.7 Å². The third-order valence-corrected chi connectivity index (χ3v) is 3.37. The molecule has 1 aliphatic heterocycles. The van der Waals surface area contributed by atoms with Crippen molar-refractivity contribution in [3.63, 3.8) is 0 Å². The predicted molar refractivity (Wildman–Crippen MR) is 58.8 cm³/mol. The topological polar surface area (TPSA) is 29.5 Å². The molecule has 3 nitrogen and oxygen atoms in total. The van der Waals surface area contributed by atoms with E-state index in [1.807, 2.05) is 0 Å². The molecule has 2 rings (SSSR count). The minimum Gasteiger partial charge on any atom is -0.368 e. The van der Waals surface area contributed by atoms with E-state index in [0.717, 1.165) is 19.5 Å². The highest BCUT2D eigenvalue weighted by molar-refractivity contribution is 5.83. The van der Waals surface area contributed by atoms with Gasteiger partial charge in [0.1, 0.15) is 6.10 Å². The van der Waals surface area contributed by atoms with Gasteiger partial charge in [0.25, 0.3) is 0 Å². The molecule has 0 amide bonds. The standard InChI is InChI=1S/C12H21NO2/c1-9(2)13-5-6-15-12(8-13)11(14)7-10-3-4-10/h9-10,12H,3-8H2,1-2H3. The summed E-state index contributed by atoms with van der Waals surface area (Å²) >= 11 is 0. The van der Waals surface area contributed by atoms with E-state index >= 15 is 0 Å². The van der Waals surface area contributed by atoms with Crippen molar-refractivity contribution >= 4 is 5.78 Å². The number of Topliss-reactive ketones (excluding diaryl/α,β-unsaturated/α-hetero) is 1. The van der Waals surface area contributed by atoms with Gasteiger partial charge in [-0.25, -0.2) is 0 Å². The van der Waals surface area contributed by atoms with Gasteiger partial charge in [-0.05, 0) is 32.6 Å². The van der Waals surface area contributed by atoms with E-state index in [0.29, 0.717) is 24.3 Å². The monoisotopic (exact) mass is 211 g/mol. The Bertz CT molecular complexity index is 236. The van der Waals surface area contributed by atoms with Crippen molar-refractivity contribution in [1.82, 2.24) is 4.90 Å². The molecule has 1 saturated carbocycles. The van der Waals surface area contributed by atoms with Crippen LogP contribution >= 0.6 is 0 Å². The minimum atomic E-state index is -0.151. The largest absolute Gasteiger partial charge is 0.368 e. The smallest absolute Gasteiger partial charge is 0.163 e. The molecule has 15 heavy (non-hydrogen) atoms.